The summed E-state index contributed by atoms with van der Waals surface area (Å²) >= 11 is 2.23. The topological polar surface area (TPSA) is 72.0 Å². The van der Waals surface area contributed by atoms with E-state index in [1.54, 1.807) is 6.92 Å². The van der Waals surface area contributed by atoms with Gasteiger partial charge in [0.15, 0.2) is 9.84 Å². The number of hydrogen-bond donors (Lipinski definition) is 1. The summed E-state index contributed by atoms with van der Waals surface area (Å²) in [5, 5.41) is 2.56. The first kappa shape index (κ1) is 18.6. The van der Waals surface area contributed by atoms with Crippen molar-refractivity contribution >= 4 is 38.2 Å². The molecule has 7 heteroatoms. The van der Waals surface area contributed by atoms with E-state index in [-0.39, 0.29) is 5.41 Å². The van der Waals surface area contributed by atoms with E-state index in [9.17, 15) is 8.42 Å². The Morgan fingerprint density at radius 2 is 1.86 bits per heavy atom. The van der Waals surface area contributed by atoms with Gasteiger partial charge in [-0.25, -0.2) is 18.4 Å². The molecule has 1 N–H and O–H groups in total. The van der Waals surface area contributed by atoms with E-state index in [0.29, 0.717) is 5.82 Å². The van der Waals surface area contributed by atoms with Crippen LogP contribution in [0.2, 0.25) is 0 Å². The Bertz CT molecular complexity index is 609. The minimum atomic E-state index is -3.22. The molecular weight excluding hydrogens is 401 g/mol. The lowest BCUT2D eigenvalue weighted by Crippen LogP contribution is -2.22. The predicted octanol–water partition coefficient (Wildman–Crippen LogP) is 3.31. The third-order valence-electron chi connectivity index (χ3n) is 3.13. The molecule has 1 rings (SSSR count). The Hall–Kier alpha value is -0.440. The Morgan fingerprint density at radius 3 is 2.29 bits per heavy atom. The summed E-state index contributed by atoms with van der Waals surface area (Å²) in [6.07, 6.45) is 2.19. The Labute approximate surface area is 141 Å². The van der Waals surface area contributed by atoms with Crippen LogP contribution in [0.4, 0.5) is 5.82 Å². The van der Waals surface area contributed by atoms with Crippen molar-refractivity contribution < 1.29 is 8.42 Å². The maximum atomic E-state index is 11.8. The summed E-state index contributed by atoms with van der Waals surface area (Å²) in [7, 11) is -3.22. The van der Waals surface area contributed by atoms with Crippen LogP contribution in [0, 0.1) is 3.57 Å². The van der Waals surface area contributed by atoms with E-state index < -0.39 is 15.1 Å². The highest BCUT2D eigenvalue weighted by Gasteiger charge is 2.27. The Balaban J connectivity index is 3.46. The third-order valence-corrected chi connectivity index (χ3v) is 5.64. The predicted molar refractivity (Wildman–Crippen MR) is 95.5 cm³/mol. The lowest BCUT2D eigenvalue weighted by atomic mass is 9.92. The summed E-state index contributed by atoms with van der Waals surface area (Å²) < 4.78 is 24.6. The molecule has 0 amide bonds. The molecule has 1 heterocycles. The first-order chi connectivity index (χ1) is 9.48. The van der Waals surface area contributed by atoms with Gasteiger partial charge >= 0.3 is 0 Å². The van der Waals surface area contributed by atoms with E-state index in [1.807, 2.05) is 0 Å². The van der Waals surface area contributed by atoms with Gasteiger partial charge in [-0.2, -0.15) is 0 Å². The van der Waals surface area contributed by atoms with Crippen molar-refractivity contribution in [2.45, 2.75) is 51.7 Å². The minimum absolute atomic E-state index is 0.173. The van der Waals surface area contributed by atoms with Gasteiger partial charge in [-0.1, -0.05) is 27.7 Å². The maximum absolute atomic E-state index is 11.8. The fraction of sp³-hybridized carbons (Fsp3) is 0.714. The van der Waals surface area contributed by atoms with E-state index >= 15 is 0 Å². The minimum Gasteiger partial charge on any atom is -0.369 e. The third kappa shape index (κ3) is 4.77. The van der Waals surface area contributed by atoms with Crippen LogP contribution in [0.1, 0.15) is 57.8 Å². The number of anilines is 1. The SMILES string of the molecule is CCCNc1nc(C(C)S(C)(=O)=O)nc(C(C)(C)C)c1I. The standard InChI is InChI=1S/C14H24IN3O2S/c1-7-8-16-13-10(15)11(14(3,4)5)17-12(18-13)9(2)21(6,19)20/h9H,7-8H2,1-6H3,(H,16,17,18). The van der Waals surface area contributed by atoms with Crippen LogP contribution < -0.4 is 5.32 Å². The fourth-order valence-corrected chi connectivity index (χ4v) is 3.42. The van der Waals surface area contributed by atoms with E-state index in [4.69, 9.17) is 0 Å². The number of rotatable bonds is 5. The molecule has 0 aliphatic rings. The Kier molecular flexibility index (Phi) is 5.99. The molecule has 1 unspecified atom stereocenters. The van der Waals surface area contributed by atoms with Crippen LogP contribution in [0.15, 0.2) is 0 Å². The Morgan fingerprint density at radius 1 is 1.29 bits per heavy atom. The van der Waals surface area contributed by atoms with E-state index in [1.165, 1.54) is 6.26 Å². The van der Waals surface area contributed by atoms with Crippen LogP contribution in [0.3, 0.4) is 0 Å². The molecule has 0 saturated carbocycles. The van der Waals surface area contributed by atoms with Gasteiger partial charge in [0.05, 0.1) is 9.26 Å². The van der Waals surface area contributed by atoms with Crippen molar-refractivity contribution in [3.05, 3.63) is 15.1 Å². The van der Waals surface area contributed by atoms with Crippen LogP contribution in [-0.4, -0.2) is 31.2 Å². The molecule has 0 aliphatic heterocycles. The summed E-state index contributed by atoms with van der Waals surface area (Å²) in [5.74, 6) is 1.09. The lowest BCUT2D eigenvalue weighted by molar-refractivity contribution is 0.554. The molecule has 1 aromatic heterocycles. The first-order valence-corrected chi connectivity index (χ1v) is 10.0. The van der Waals surface area contributed by atoms with Gasteiger partial charge in [-0.15, -0.1) is 0 Å². The molecule has 0 bridgehead atoms. The van der Waals surface area contributed by atoms with Crippen LogP contribution >= 0.6 is 22.6 Å². The number of nitrogens with one attached hydrogen (secondary N) is 1. The molecule has 120 valence electrons. The highest BCUT2D eigenvalue weighted by molar-refractivity contribution is 14.1. The van der Waals surface area contributed by atoms with E-state index in [2.05, 4.69) is 65.6 Å². The van der Waals surface area contributed by atoms with Gasteiger partial charge in [0.2, 0.25) is 0 Å². The number of hydrogen-bond acceptors (Lipinski definition) is 5. The average molecular weight is 425 g/mol. The quantitative estimate of drug-likeness (QED) is 0.733. The number of halogens is 1. The summed E-state index contributed by atoms with van der Waals surface area (Å²) in [5.41, 5.74) is 0.705. The monoisotopic (exact) mass is 425 g/mol. The molecule has 1 atom stereocenters. The smallest absolute Gasteiger partial charge is 0.157 e. The van der Waals surface area contributed by atoms with Gasteiger partial charge in [-0.05, 0) is 35.9 Å². The highest BCUT2D eigenvalue weighted by atomic mass is 127. The summed E-state index contributed by atoms with van der Waals surface area (Å²) in [4.78, 5) is 8.98. The molecule has 0 saturated heterocycles. The van der Waals surface area contributed by atoms with Crippen molar-refractivity contribution in [1.82, 2.24) is 9.97 Å². The second kappa shape index (κ2) is 6.76. The van der Waals surface area contributed by atoms with Crippen molar-refractivity contribution in [3.63, 3.8) is 0 Å². The van der Waals surface area contributed by atoms with Crippen molar-refractivity contribution in [3.8, 4) is 0 Å². The molecule has 0 aromatic carbocycles. The molecule has 0 radical (unpaired) electrons. The normalized spacial score (nSPS) is 14.0. The second-order valence-electron chi connectivity index (χ2n) is 6.24. The van der Waals surface area contributed by atoms with Crippen LogP contribution in [0.25, 0.3) is 0 Å². The van der Waals surface area contributed by atoms with Crippen molar-refractivity contribution in [2.24, 2.45) is 0 Å². The van der Waals surface area contributed by atoms with Crippen molar-refractivity contribution in [1.29, 1.82) is 0 Å². The summed E-state index contributed by atoms with van der Waals surface area (Å²) in [6.45, 7) is 10.7. The molecule has 0 aliphatic carbocycles. The van der Waals surface area contributed by atoms with Crippen LogP contribution in [-0.2, 0) is 15.3 Å². The van der Waals surface area contributed by atoms with Gasteiger partial charge in [-0.3, -0.25) is 0 Å². The lowest BCUT2D eigenvalue weighted by Gasteiger charge is -2.23. The molecule has 5 nitrogen and oxygen atoms in total. The van der Waals surface area contributed by atoms with Gasteiger partial charge in [0.1, 0.15) is 16.9 Å². The van der Waals surface area contributed by atoms with Gasteiger partial charge < -0.3 is 5.32 Å². The largest absolute Gasteiger partial charge is 0.369 e. The number of aromatic nitrogens is 2. The maximum Gasteiger partial charge on any atom is 0.157 e. The van der Waals surface area contributed by atoms with Gasteiger partial charge in [0, 0.05) is 18.2 Å². The fourth-order valence-electron chi connectivity index (χ4n) is 1.70. The molecule has 21 heavy (non-hydrogen) atoms. The zero-order chi connectivity index (χ0) is 16.4. The first-order valence-electron chi connectivity index (χ1n) is 6.99. The summed E-state index contributed by atoms with van der Waals surface area (Å²) in [6, 6.07) is 0. The zero-order valence-electron chi connectivity index (χ0n) is 13.5. The zero-order valence-corrected chi connectivity index (χ0v) is 16.5. The number of sulfone groups is 1. The van der Waals surface area contributed by atoms with Crippen molar-refractivity contribution in [2.75, 3.05) is 18.1 Å². The second-order valence-corrected chi connectivity index (χ2v) is 9.69. The number of nitrogens with zero attached hydrogens (tertiary/aromatic N) is 2. The molecular formula is C14H24IN3O2S. The van der Waals surface area contributed by atoms with Gasteiger partial charge in [0.25, 0.3) is 0 Å². The average Bonchev–Trinajstić information content (AvgIpc) is 2.34. The highest BCUT2D eigenvalue weighted by Crippen LogP contribution is 2.31. The van der Waals surface area contributed by atoms with E-state index in [0.717, 1.165) is 28.0 Å². The molecule has 0 spiro atoms. The molecule has 1 aromatic rings. The van der Waals surface area contributed by atoms with Crippen LogP contribution in [0.5, 0.6) is 0 Å². The molecule has 0 fully saturated rings.